The van der Waals surface area contributed by atoms with E-state index in [4.69, 9.17) is 5.73 Å². The van der Waals surface area contributed by atoms with E-state index < -0.39 is 0 Å². The van der Waals surface area contributed by atoms with Crippen LogP contribution in [-0.2, 0) is 13.5 Å². The molecule has 90 valence electrons. The molecule has 1 aromatic carbocycles. The van der Waals surface area contributed by atoms with Crippen molar-refractivity contribution in [2.45, 2.75) is 12.5 Å². The summed E-state index contributed by atoms with van der Waals surface area (Å²) in [5, 5.41) is 11.6. The molecule has 17 heavy (non-hydrogen) atoms. The summed E-state index contributed by atoms with van der Waals surface area (Å²) in [6, 6.07) is 4.22. The average molecular weight is 300 g/mol. The lowest BCUT2D eigenvalue weighted by atomic mass is 10.0. The van der Waals surface area contributed by atoms with Crippen LogP contribution in [0.3, 0.4) is 0 Å². The van der Waals surface area contributed by atoms with Crippen LogP contribution < -0.4 is 5.73 Å². The van der Waals surface area contributed by atoms with Gasteiger partial charge in [-0.15, -0.1) is 10.2 Å². The summed E-state index contributed by atoms with van der Waals surface area (Å²) in [5.74, 6) is 0.220. The van der Waals surface area contributed by atoms with Crippen molar-refractivity contribution in [3.05, 3.63) is 39.9 Å². The molecule has 5 nitrogen and oxygen atoms in total. The normalized spacial score (nSPS) is 12.7. The van der Waals surface area contributed by atoms with Gasteiger partial charge in [0.2, 0.25) is 0 Å². The Balaban J connectivity index is 2.16. The monoisotopic (exact) mass is 299 g/mol. The first kappa shape index (κ1) is 12.1. The van der Waals surface area contributed by atoms with Crippen molar-refractivity contribution >= 4 is 15.9 Å². The van der Waals surface area contributed by atoms with Gasteiger partial charge in [-0.1, -0.05) is 15.9 Å². The number of halogens is 2. The minimum absolute atomic E-state index is 0.322. The molecular weight excluding hydrogens is 289 g/mol. The standard InChI is InChI=1S/C10H11BrFN5/c1-17-15-10(14-16-17)5-9(13)6-2-7(11)4-8(12)3-6/h2-4,9H,5,13H2,1H3. The highest BCUT2D eigenvalue weighted by Crippen LogP contribution is 2.20. The molecule has 0 aliphatic rings. The highest BCUT2D eigenvalue weighted by Gasteiger charge is 2.12. The van der Waals surface area contributed by atoms with Gasteiger partial charge in [0.15, 0.2) is 5.82 Å². The second-order valence-electron chi connectivity index (χ2n) is 3.71. The van der Waals surface area contributed by atoms with Crippen molar-refractivity contribution in [3.8, 4) is 0 Å². The number of nitrogens with two attached hydrogens (primary N) is 1. The number of rotatable bonds is 3. The van der Waals surface area contributed by atoms with Crippen LogP contribution in [0.15, 0.2) is 22.7 Å². The maximum Gasteiger partial charge on any atom is 0.176 e. The van der Waals surface area contributed by atoms with Crippen LogP contribution in [0.25, 0.3) is 0 Å². The Morgan fingerprint density at radius 1 is 1.47 bits per heavy atom. The van der Waals surface area contributed by atoms with Gasteiger partial charge in [-0.2, -0.15) is 4.80 Å². The number of benzene rings is 1. The second kappa shape index (κ2) is 4.89. The molecular formula is C10H11BrFN5. The molecule has 1 aromatic heterocycles. The zero-order valence-corrected chi connectivity index (χ0v) is 10.7. The first-order valence-electron chi connectivity index (χ1n) is 4.99. The molecule has 2 aromatic rings. The second-order valence-corrected chi connectivity index (χ2v) is 4.62. The first-order chi connectivity index (χ1) is 8.04. The Morgan fingerprint density at radius 3 is 2.82 bits per heavy atom. The summed E-state index contributed by atoms with van der Waals surface area (Å²) in [6.45, 7) is 0. The molecule has 2 rings (SSSR count). The topological polar surface area (TPSA) is 69.6 Å². The molecule has 0 saturated heterocycles. The third-order valence-corrected chi connectivity index (χ3v) is 2.72. The van der Waals surface area contributed by atoms with Crippen LogP contribution in [0.2, 0.25) is 0 Å². The zero-order chi connectivity index (χ0) is 12.4. The van der Waals surface area contributed by atoms with E-state index in [-0.39, 0.29) is 11.9 Å². The third-order valence-electron chi connectivity index (χ3n) is 2.27. The van der Waals surface area contributed by atoms with Gasteiger partial charge in [-0.05, 0) is 29.0 Å². The molecule has 0 aliphatic heterocycles. The van der Waals surface area contributed by atoms with Crippen molar-refractivity contribution in [2.75, 3.05) is 0 Å². The lowest BCUT2D eigenvalue weighted by molar-refractivity contribution is 0.611. The number of tetrazole rings is 1. The van der Waals surface area contributed by atoms with Crippen LogP contribution in [0.4, 0.5) is 4.39 Å². The van der Waals surface area contributed by atoms with Gasteiger partial charge in [0.25, 0.3) is 0 Å². The summed E-state index contributed by atoms with van der Waals surface area (Å²) >= 11 is 3.23. The van der Waals surface area contributed by atoms with Crippen LogP contribution in [-0.4, -0.2) is 20.2 Å². The SMILES string of the molecule is Cn1nnc(CC(N)c2cc(F)cc(Br)c2)n1. The molecule has 0 fully saturated rings. The van der Waals surface area contributed by atoms with Gasteiger partial charge in [-0.25, -0.2) is 4.39 Å². The lowest BCUT2D eigenvalue weighted by Gasteiger charge is -2.10. The Labute approximate surface area is 106 Å². The predicted octanol–water partition coefficient (Wildman–Crippen LogP) is 1.35. The Morgan fingerprint density at radius 2 is 2.24 bits per heavy atom. The summed E-state index contributed by atoms with van der Waals surface area (Å²) in [7, 11) is 1.68. The predicted molar refractivity (Wildman–Crippen MR) is 63.5 cm³/mol. The molecule has 1 atom stereocenters. The van der Waals surface area contributed by atoms with Crippen molar-refractivity contribution in [3.63, 3.8) is 0 Å². The summed E-state index contributed by atoms with van der Waals surface area (Å²) in [5.41, 5.74) is 6.67. The van der Waals surface area contributed by atoms with E-state index in [9.17, 15) is 4.39 Å². The quantitative estimate of drug-likeness (QED) is 0.929. The first-order valence-corrected chi connectivity index (χ1v) is 5.78. The Kier molecular flexibility index (Phi) is 3.49. The van der Waals surface area contributed by atoms with E-state index in [0.717, 1.165) is 0 Å². The van der Waals surface area contributed by atoms with Crippen molar-refractivity contribution in [1.29, 1.82) is 0 Å². The van der Waals surface area contributed by atoms with Gasteiger partial charge in [-0.3, -0.25) is 0 Å². The van der Waals surface area contributed by atoms with E-state index in [1.54, 1.807) is 13.1 Å². The third kappa shape index (κ3) is 3.07. The molecule has 0 aliphatic carbocycles. The van der Waals surface area contributed by atoms with Gasteiger partial charge >= 0.3 is 0 Å². The summed E-state index contributed by atoms with van der Waals surface area (Å²) < 4.78 is 13.9. The Bertz CT molecular complexity index is 507. The minimum Gasteiger partial charge on any atom is -0.324 e. The molecule has 1 unspecified atom stereocenters. The van der Waals surface area contributed by atoms with E-state index in [2.05, 4.69) is 31.3 Å². The fourth-order valence-electron chi connectivity index (χ4n) is 1.51. The smallest absolute Gasteiger partial charge is 0.176 e. The van der Waals surface area contributed by atoms with E-state index in [0.29, 0.717) is 22.3 Å². The number of nitrogens with zero attached hydrogens (tertiary/aromatic N) is 4. The van der Waals surface area contributed by atoms with Gasteiger partial charge in [0.1, 0.15) is 5.82 Å². The minimum atomic E-state index is -0.355. The van der Waals surface area contributed by atoms with E-state index in [1.807, 2.05) is 0 Å². The zero-order valence-electron chi connectivity index (χ0n) is 9.14. The van der Waals surface area contributed by atoms with Crippen molar-refractivity contribution < 1.29 is 4.39 Å². The summed E-state index contributed by atoms with van der Waals surface area (Å²) in [6.07, 6.45) is 0.420. The largest absolute Gasteiger partial charge is 0.324 e. The molecule has 0 radical (unpaired) electrons. The summed E-state index contributed by atoms with van der Waals surface area (Å²) in [4.78, 5) is 1.36. The molecule has 1 heterocycles. The number of aromatic nitrogens is 4. The van der Waals surface area contributed by atoms with Crippen molar-refractivity contribution in [2.24, 2.45) is 12.8 Å². The molecule has 7 heteroatoms. The molecule has 2 N–H and O–H groups in total. The lowest BCUT2D eigenvalue weighted by Crippen LogP contribution is -2.14. The molecule has 0 amide bonds. The average Bonchev–Trinajstić information content (AvgIpc) is 2.62. The molecule has 0 bridgehead atoms. The van der Waals surface area contributed by atoms with Crippen LogP contribution in [0.1, 0.15) is 17.4 Å². The number of aryl methyl sites for hydroxylation is 1. The van der Waals surface area contributed by atoms with Crippen LogP contribution >= 0.6 is 15.9 Å². The van der Waals surface area contributed by atoms with Crippen LogP contribution in [0, 0.1) is 5.82 Å². The van der Waals surface area contributed by atoms with E-state index >= 15 is 0 Å². The van der Waals surface area contributed by atoms with Gasteiger partial charge in [0, 0.05) is 16.9 Å². The maximum atomic E-state index is 13.2. The fraction of sp³-hybridized carbons (Fsp3) is 0.300. The Hall–Kier alpha value is -1.34. The number of hydrogen-bond acceptors (Lipinski definition) is 4. The van der Waals surface area contributed by atoms with Crippen molar-refractivity contribution in [1.82, 2.24) is 20.2 Å². The van der Waals surface area contributed by atoms with Crippen LogP contribution in [0.5, 0.6) is 0 Å². The van der Waals surface area contributed by atoms with Gasteiger partial charge in [0.05, 0.1) is 7.05 Å². The molecule has 0 spiro atoms. The van der Waals surface area contributed by atoms with E-state index in [1.165, 1.54) is 16.9 Å². The molecule has 0 saturated carbocycles. The highest BCUT2D eigenvalue weighted by atomic mass is 79.9. The fourth-order valence-corrected chi connectivity index (χ4v) is 1.99. The maximum absolute atomic E-state index is 13.2. The highest BCUT2D eigenvalue weighted by molar-refractivity contribution is 9.10. The number of hydrogen-bond donors (Lipinski definition) is 1. The van der Waals surface area contributed by atoms with Gasteiger partial charge < -0.3 is 5.73 Å².